The van der Waals surface area contributed by atoms with Crippen LogP contribution in [0.3, 0.4) is 0 Å². The molecule has 4 nitrogen and oxygen atoms in total. The van der Waals surface area contributed by atoms with Gasteiger partial charge in [-0.25, -0.2) is 0 Å². The molecule has 0 aromatic heterocycles. The molecule has 2 aliphatic rings. The van der Waals surface area contributed by atoms with E-state index in [0.717, 1.165) is 43.3 Å². The van der Waals surface area contributed by atoms with Crippen LogP contribution in [0.1, 0.15) is 29.5 Å². The Morgan fingerprint density at radius 2 is 1.48 bits per heavy atom. The second-order valence-electron chi connectivity index (χ2n) is 8.75. The highest BCUT2D eigenvalue weighted by Gasteiger charge is 2.31. The molecule has 0 atom stereocenters. The van der Waals surface area contributed by atoms with Gasteiger partial charge in [-0.1, -0.05) is 66.7 Å². The minimum Gasteiger partial charge on any atom is -0.342 e. The van der Waals surface area contributed by atoms with Crippen molar-refractivity contribution in [3.05, 3.63) is 83.4 Å². The first-order valence-corrected chi connectivity index (χ1v) is 11.3. The van der Waals surface area contributed by atoms with Gasteiger partial charge in [0.05, 0.1) is 6.42 Å². The van der Waals surface area contributed by atoms with Crippen molar-refractivity contribution in [3.8, 4) is 0 Å². The van der Waals surface area contributed by atoms with E-state index in [0.29, 0.717) is 19.5 Å². The van der Waals surface area contributed by atoms with E-state index in [2.05, 4.69) is 36.4 Å². The molecule has 0 spiro atoms. The minimum absolute atomic E-state index is 0.0341. The smallest absolute Gasteiger partial charge is 0.227 e. The summed E-state index contributed by atoms with van der Waals surface area (Å²) in [5.74, 6) is 0.455. The Labute approximate surface area is 183 Å². The van der Waals surface area contributed by atoms with Gasteiger partial charge in [0.1, 0.15) is 0 Å². The molecule has 0 N–H and O–H groups in total. The summed E-state index contributed by atoms with van der Waals surface area (Å²) in [5.41, 5.74) is 3.71. The van der Waals surface area contributed by atoms with Gasteiger partial charge in [0, 0.05) is 32.1 Å². The third-order valence-corrected chi connectivity index (χ3v) is 6.86. The molecule has 3 aromatic carbocycles. The second-order valence-corrected chi connectivity index (χ2v) is 8.75. The number of amides is 2. The molecule has 2 aliphatic heterocycles. The van der Waals surface area contributed by atoms with Gasteiger partial charge in [0.15, 0.2) is 0 Å². The number of piperidine rings is 1. The van der Waals surface area contributed by atoms with Crippen LogP contribution in [-0.2, 0) is 29.0 Å². The Morgan fingerprint density at radius 3 is 2.32 bits per heavy atom. The number of carbonyl (C=O) groups excluding carboxylic acids is 2. The molecule has 1 saturated heterocycles. The van der Waals surface area contributed by atoms with Crippen LogP contribution in [-0.4, -0.2) is 41.2 Å². The molecule has 0 saturated carbocycles. The predicted molar refractivity (Wildman–Crippen MR) is 123 cm³/mol. The van der Waals surface area contributed by atoms with Gasteiger partial charge in [-0.3, -0.25) is 9.59 Å². The third kappa shape index (κ3) is 4.07. The first-order chi connectivity index (χ1) is 15.2. The van der Waals surface area contributed by atoms with E-state index in [1.165, 1.54) is 16.5 Å². The molecule has 0 bridgehead atoms. The second kappa shape index (κ2) is 8.54. The summed E-state index contributed by atoms with van der Waals surface area (Å²) < 4.78 is 0. The standard InChI is InChI=1S/C27H28N2O2/c30-26(18-23-10-5-9-21-7-3-4-11-25(21)23)28-15-13-22(14-16-28)27(31)29-17-12-20-6-1-2-8-24(20)19-29/h1-11,22H,12-19H2. The average Bonchev–Trinajstić information content (AvgIpc) is 2.83. The fourth-order valence-corrected chi connectivity index (χ4v) is 5.04. The quantitative estimate of drug-likeness (QED) is 0.647. The maximum atomic E-state index is 13.1. The lowest BCUT2D eigenvalue weighted by molar-refractivity contribution is -0.141. The number of likely N-dealkylation sites (tertiary alicyclic amines) is 1. The van der Waals surface area contributed by atoms with Gasteiger partial charge < -0.3 is 9.80 Å². The van der Waals surface area contributed by atoms with Crippen LogP contribution < -0.4 is 0 Å². The third-order valence-electron chi connectivity index (χ3n) is 6.86. The number of nitrogens with zero attached hydrogens (tertiary/aromatic N) is 2. The number of carbonyl (C=O) groups is 2. The van der Waals surface area contributed by atoms with Gasteiger partial charge >= 0.3 is 0 Å². The van der Waals surface area contributed by atoms with Gasteiger partial charge in [0.25, 0.3) is 0 Å². The first kappa shape index (κ1) is 19.8. The van der Waals surface area contributed by atoms with Crippen molar-refractivity contribution in [2.75, 3.05) is 19.6 Å². The Balaban J connectivity index is 1.18. The van der Waals surface area contributed by atoms with E-state index in [1.807, 2.05) is 40.1 Å². The molecule has 1 fully saturated rings. The molecular weight excluding hydrogens is 384 g/mol. The summed E-state index contributed by atoms with van der Waals surface area (Å²) in [7, 11) is 0. The van der Waals surface area contributed by atoms with E-state index >= 15 is 0 Å². The number of hydrogen-bond donors (Lipinski definition) is 0. The maximum absolute atomic E-state index is 13.1. The van der Waals surface area contributed by atoms with E-state index in [9.17, 15) is 9.59 Å². The highest BCUT2D eigenvalue weighted by atomic mass is 16.2. The summed E-state index contributed by atoms with van der Waals surface area (Å²) in [4.78, 5) is 30.0. The van der Waals surface area contributed by atoms with Crippen LogP contribution in [0.5, 0.6) is 0 Å². The number of hydrogen-bond acceptors (Lipinski definition) is 2. The molecule has 0 radical (unpaired) electrons. The Kier molecular flexibility index (Phi) is 5.46. The maximum Gasteiger partial charge on any atom is 0.227 e. The van der Waals surface area contributed by atoms with Gasteiger partial charge in [-0.15, -0.1) is 0 Å². The van der Waals surface area contributed by atoms with E-state index in [1.54, 1.807) is 0 Å². The van der Waals surface area contributed by atoms with Crippen molar-refractivity contribution < 1.29 is 9.59 Å². The summed E-state index contributed by atoms with van der Waals surface area (Å²) in [6.45, 7) is 2.86. The zero-order valence-corrected chi connectivity index (χ0v) is 17.8. The molecule has 31 heavy (non-hydrogen) atoms. The topological polar surface area (TPSA) is 40.6 Å². The SMILES string of the molecule is O=C(Cc1cccc2ccccc12)N1CCC(C(=O)N2CCc3ccccc3C2)CC1. The van der Waals surface area contributed by atoms with Gasteiger partial charge in [0.2, 0.25) is 11.8 Å². The molecule has 4 heteroatoms. The number of fused-ring (bicyclic) bond motifs is 2. The zero-order chi connectivity index (χ0) is 21.2. The Bertz CT molecular complexity index is 1110. The average molecular weight is 413 g/mol. The zero-order valence-electron chi connectivity index (χ0n) is 17.8. The molecule has 158 valence electrons. The van der Waals surface area contributed by atoms with Crippen LogP contribution in [0.4, 0.5) is 0 Å². The van der Waals surface area contributed by atoms with Crippen molar-refractivity contribution in [1.82, 2.24) is 9.80 Å². The number of benzene rings is 3. The normalized spacial score (nSPS) is 16.9. The van der Waals surface area contributed by atoms with Crippen molar-refractivity contribution in [2.45, 2.75) is 32.2 Å². The Hall–Kier alpha value is -3.14. The summed E-state index contributed by atoms with van der Waals surface area (Å²) in [6, 6.07) is 22.8. The Morgan fingerprint density at radius 1 is 0.774 bits per heavy atom. The van der Waals surface area contributed by atoms with Crippen molar-refractivity contribution >= 4 is 22.6 Å². The molecule has 2 heterocycles. The predicted octanol–water partition coefficient (Wildman–Crippen LogP) is 4.21. The van der Waals surface area contributed by atoms with Gasteiger partial charge in [-0.2, -0.15) is 0 Å². The largest absolute Gasteiger partial charge is 0.342 e. The molecule has 0 unspecified atom stereocenters. The lowest BCUT2D eigenvalue weighted by Gasteiger charge is -2.36. The van der Waals surface area contributed by atoms with Crippen LogP contribution in [0.15, 0.2) is 66.7 Å². The molecule has 2 amide bonds. The van der Waals surface area contributed by atoms with Crippen molar-refractivity contribution in [2.24, 2.45) is 5.92 Å². The molecule has 3 aromatic rings. The molecule has 0 aliphatic carbocycles. The molecule has 5 rings (SSSR count). The lowest BCUT2D eigenvalue weighted by Crippen LogP contribution is -2.46. The van der Waals surface area contributed by atoms with Crippen LogP contribution in [0.25, 0.3) is 10.8 Å². The van der Waals surface area contributed by atoms with E-state index in [4.69, 9.17) is 0 Å². The number of rotatable bonds is 3. The van der Waals surface area contributed by atoms with E-state index < -0.39 is 0 Å². The van der Waals surface area contributed by atoms with Crippen molar-refractivity contribution in [3.63, 3.8) is 0 Å². The first-order valence-electron chi connectivity index (χ1n) is 11.3. The van der Waals surface area contributed by atoms with Crippen LogP contribution >= 0.6 is 0 Å². The molecular formula is C27H28N2O2. The highest BCUT2D eigenvalue weighted by Crippen LogP contribution is 2.26. The fraction of sp³-hybridized carbons (Fsp3) is 0.333. The summed E-state index contributed by atoms with van der Waals surface area (Å²) in [6.07, 6.45) is 2.88. The monoisotopic (exact) mass is 412 g/mol. The summed E-state index contributed by atoms with van der Waals surface area (Å²) in [5, 5.41) is 2.31. The van der Waals surface area contributed by atoms with Gasteiger partial charge in [-0.05, 0) is 46.7 Å². The highest BCUT2D eigenvalue weighted by molar-refractivity contribution is 5.90. The lowest BCUT2D eigenvalue weighted by atomic mass is 9.92. The minimum atomic E-state index is 0.0341. The summed E-state index contributed by atoms with van der Waals surface area (Å²) >= 11 is 0. The van der Waals surface area contributed by atoms with Crippen LogP contribution in [0.2, 0.25) is 0 Å². The fourth-order valence-electron chi connectivity index (χ4n) is 5.04. The van der Waals surface area contributed by atoms with Crippen LogP contribution in [0, 0.1) is 5.92 Å². The van der Waals surface area contributed by atoms with Crippen molar-refractivity contribution in [1.29, 1.82) is 0 Å². The van der Waals surface area contributed by atoms with E-state index in [-0.39, 0.29) is 17.7 Å².